The van der Waals surface area contributed by atoms with Gasteiger partial charge in [-0.05, 0) is 30.6 Å². The van der Waals surface area contributed by atoms with Gasteiger partial charge < -0.3 is 10.5 Å². The summed E-state index contributed by atoms with van der Waals surface area (Å²) >= 11 is 13.3. The van der Waals surface area contributed by atoms with E-state index >= 15 is 0 Å². The van der Waals surface area contributed by atoms with E-state index in [1.807, 2.05) is 6.26 Å². The summed E-state index contributed by atoms with van der Waals surface area (Å²) in [5.74, 6) is 0.521. The fourth-order valence-electron chi connectivity index (χ4n) is 1.18. The van der Waals surface area contributed by atoms with Crippen LogP contribution in [0.2, 0.25) is 10.0 Å². The standard InChI is InChI=1S/C11H13Cl2NO2S/c1-17-4-2-3-16-11(15)7-5-8(12)10(13)9(14)6-7/h5-6H,2-4,14H2,1H3. The maximum atomic E-state index is 11.6. The summed E-state index contributed by atoms with van der Waals surface area (Å²) in [5.41, 5.74) is 6.20. The van der Waals surface area contributed by atoms with Gasteiger partial charge in [0.25, 0.3) is 0 Å². The van der Waals surface area contributed by atoms with Gasteiger partial charge in [0.1, 0.15) is 0 Å². The molecule has 0 saturated heterocycles. The number of carbonyl (C=O) groups is 1. The van der Waals surface area contributed by atoms with E-state index < -0.39 is 5.97 Å². The maximum absolute atomic E-state index is 11.6. The number of hydrogen-bond donors (Lipinski definition) is 1. The van der Waals surface area contributed by atoms with Gasteiger partial charge in [-0.25, -0.2) is 4.79 Å². The van der Waals surface area contributed by atoms with E-state index in [9.17, 15) is 4.79 Å². The first-order chi connectivity index (χ1) is 8.06. The summed E-state index contributed by atoms with van der Waals surface area (Å²) in [6.45, 7) is 0.389. The Morgan fingerprint density at radius 2 is 2.18 bits per heavy atom. The van der Waals surface area contributed by atoms with E-state index in [0.29, 0.717) is 12.2 Å². The van der Waals surface area contributed by atoms with Crippen LogP contribution in [-0.2, 0) is 4.74 Å². The minimum atomic E-state index is -0.434. The molecule has 0 spiro atoms. The zero-order valence-electron chi connectivity index (χ0n) is 9.33. The van der Waals surface area contributed by atoms with Gasteiger partial charge in [-0.2, -0.15) is 11.8 Å². The number of ether oxygens (including phenoxy) is 1. The topological polar surface area (TPSA) is 52.3 Å². The molecule has 0 unspecified atom stereocenters. The Morgan fingerprint density at radius 3 is 2.76 bits per heavy atom. The predicted molar refractivity (Wildman–Crippen MR) is 74.2 cm³/mol. The number of esters is 1. The molecule has 0 saturated carbocycles. The third-order valence-electron chi connectivity index (χ3n) is 2.02. The summed E-state index contributed by atoms with van der Waals surface area (Å²) in [6.07, 6.45) is 2.82. The van der Waals surface area contributed by atoms with Crippen molar-refractivity contribution in [3.8, 4) is 0 Å². The Hall–Kier alpha value is -0.580. The van der Waals surface area contributed by atoms with Crippen LogP contribution >= 0.6 is 35.0 Å². The highest BCUT2D eigenvalue weighted by Gasteiger charge is 2.12. The van der Waals surface area contributed by atoms with Crippen LogP contribution in [0.25, 0.3) is 0 Å². The minimum absolute atomic E-state index is 0.253. The van der Waals surface area contributed by atoms with Crippen LogP contribution in [0, 0.1) is 0 Å². The zero-order valence-corrected chi connectivity index (χ0v) is 11.7. The van der Waals surface area contributed by atoms with Gasteiger partial charge in [-0.15, -0.1) is 0 Å². The third-order valence-corrected chi connectivity index (χ3v) is 3.53. The molecule has 0 radical (unpaired) electrons. The highest BCUT2D eigenvalue weighted by Crippen LogP contribution is 2.29. The van der Waals surface area contributed by atoms with Gasteiger partial charge in [0.05, 0.1) is 27.9 Å². The van der Waals surface area contributed by atoms with Crippen LogP contribution in [0.3, 0.4) is 0 Å². The van der Waals surface area contributed by atoms with Crippen molar-refractivity contribution in [2.45, 2.75) is 6.42 Å². The van der Waals surface area contributed by atoms with Crippen molar-refractivity contribution in [2.75, 3.05) is 24.3 Å². The minimum Gasteiger partial charge on any atom is -0.462 e. The Kier molecular flexibility index (Phi) is 5.95. The molecular weight excluding hydrogens is 281 g/mol. The largest absolute Gasteiger partial charge is 0.462 e. The van der Waals surface area contributed by atoms with Crippen LogP contribution in [0.15, 0.2) is 12.1 Å². The molecule has 0 aliphatic carbocycles. The molecule has 17 heavy (non-hydrogen) atoms. The molecule has 3 nitrogen and oxygen atoms in total. The summed E-state index contributed by atoms with van der Waals surface area (Å²) < 4.78 is 5.07. The van der Waals surface area contributed by atoms with Gasteiger partial charge >= 0.3 is 5.97 Å². The van der Waals surface area contributed by atoms with Crippen LogP contribution < -0.4 is 5.73 Å². The van der Waals surface area contributed by atoms with E-state index in [1.54, 1.807) is 11.8 Å². The van der Waals surface area contributed by atoms with Crippen molar-refractivity contribution < 1.29 is 9.53 Å². The fraction of sp³-hybridized carbons (Fsp3) is 0.364. The van der Waals surface area contributed by atoms with E-state index in [0.717, 1.165) is 12.2 Å². The molecule has 1 aromatic carbocycles. The molecule has 1 rings (SSSR count). The smallest absolute Gasteiger partial charge is 0.338 e. The molecule has 0 bridgehead atoms. The molecule has 0 fully saturated rings. The summed E-state index contributed by atoms with van der Waals surface area (Å²) in [6, 6.07) is 2.92. The molecule has 0 amide bonds. The van der Waals surface area contributed by atoms with Crippen molar-refractivity contribution in [3.05, 3.63) is 27.7 Å². The maximum Gasteiger partial charge on any atom is 0.338 e. The molecule has 0 aliphatic heterocycles. The lowest BCUT2D eigenvalue weighted by Crippen LogP contribution is -2.07. The van der Waals surface area contributed by atoms with Gasteiger partial charge in [0.2, 0.25) is 0 Å². The van der Waals surface area contributed by atoms with Gasteiger partial charge in [-0.1, -0.05) is 23.2 Å². The molecule has 0 aromatic heterocycles. The lowest BCUT2D eigenvalue weighted by Gasteiger charge is -2.07. The Balaban J connectivity index is 2.63. The lowest BCUT2D eigenvalue weighted by molar-refractivity contribution is 0.0506. The quantitative estimate of drug-likeness (QED) is 0.513. The number of benzene rings is 1. The van der Waals surface area contributed by atoms with E-state index in [2.05, 4.69) is 0 Å². The fourth-order valence-corrected chi connectivity index (χ4v) is 1.92. The van der Waals surface area contributed by atoms with Crippen molar-refractivity contribution in [3.63, 3.8) is 0 Å². The summed E-state index contributed by atoms with van der Waals surface area (Å²) in [7, 11) is 0. The van der Waals surface area contributed by atoms with Crippen molar-refractivity contribution in [2.24, 2.45) is 0 Å². The van der Waals surface area contributed by atoms with Gasteiger partial charge in [-0.3, -0.25) is 0 Å². The van der Waals surface area contributed by atoms with Crippen molar-refractivity contribution in [1.82, 2.24) is 0 Å². The second-order valence-electron chi connectivity index (χ2n) is 3.34. The van der Waals surface area contributed by atoms with Crippen molar-refractivity contribution in [1.29, 1.82) is 0 Å². The van der Waals surface area contributed by atoms with Crippen LogP contribution in [0.5, 0.6) is 0 Å². The third kappa shape index (κ3) is 4.30. The molecule has 0 atom stereocenters. The molecule has 0 heterocycles. The average Bonchev–Trinajstić information content (AvgIpc) is 2.30. The number of rotatable bonds is 5. The first-order valence-electron chi connectivity index (χ1n) is 4.97. The summed E-state index contributed by atoms with van der Waals surface area (Å²) in [4.78, 5) is 11.6. The number of nitrogens with two attached hydrogens (primary N) is 1. The van der Waals surface area contributed by atoms with E-state index in [1.165, 1.54) is 12.1 Å². The molecule has 0 aliphatic rings. The first kappa shape index (κ1) is 14.5. The number of carbonyl (C=O) groups excluding carboxylic acids is 1. The number of anilines is 1. The molecule has 94 valence electrons. The average molecular weight is 294 g/mol. The molecule has 1 aromatic rings. The molecule has 6 heteroatoms. The predicted octanol–water partition coefficient (Wildman–Crippen LogP) is 3.49. The van der Waals surface area contributed by atoms with Gasteiger partial charge in [0.15, 0.2) is 0 Å². The monoisotopic (exact) mass is 293 g/mol. The van der Waals surface area contributed by atoms with Crippen molar-refractivity contribution >= 4 is 46.6 Å². The SMILES string of the molecule is CSCCCOC(=O)c1cc(N)c(Cl)c(Cl)c1. The first-order valence-corrected chi connectivity index (χ1v) is 7.11. The second kappa shape index (κ2) is 6.99. The Morgan fingerprint density at radius 1 is 1.47 bits per heavy atom. The molecule has 2 N–H and O–H groups in total. The highest BCUT2D eigenvalue weighted by molar-refractivity contribution is 7.98. The van der Waals surface area contributed by atoms with E-state index in [4.69, 9.17) is 33.7 Å². The lowest BCUT2D eigenvalue weighted by atomic mass is 10.2. The Bertz CT molecular complexity index is 389. The molecular formula is C11H13Cl2NO2S. The second-order valence-corrected chi connectivity index (χ2v) is 5.11. The Labute approximate surface area is 115 Å². The number of nitrogen functional groups attached to an aromatic ring is 1. The highest BCUT2D eigenvalue weighted by atomic mass is 35.5. The number of hydrogen-bond acceptors (Lipinski definition) is 4. The van der Waals surface area contributed by atoms with Gasteiger partial charge in [0, 0.05) is 0 Å². The number of halogens is 2. The van der Waals surface area contributed by atoms with Crippen LogP contribution in [-0.4, -0.2) is 24.6 Å². The van der Waals surface area contributed by atoms with E-state index in [-0.39, 0.29) is 15.7 Å². The normalized spacial score (nSPS) is 10.3. The number of thioether (sulfide) groups is 1. The zero-order chi connectivity index (χ0) is 12.8. The van der Waals surface area contributed by atoms with Crippen LogP contribution in [0.1, 0.15) is 16.8 Å². The van der Waals surface area contributed by atoms with Crippen LogP contribution in [0.4, 0.5) is 5.69 Å². The summed E-state index contributed by atoms with van der Waals surface area (Å²) in [5, 5.41) is 0.508.